The number of fused-ring (bicyclic) bond motifs is 1. The summed E-state index contributed by atoms with van der Waals surface area (Å²) in [5, 5.41) is 9.39. The van der Waals surface area contributed by atoms with E-state index < -0.39 is 5.97 Å². The quantitative estimate of drug-likeness (QED) is 0.843. The van der Waals surface area contributed by atoms with Crippen LogP contribution in [0.4, 0.5) is 0 Å². The standard InChI is InChI=1S/C16H20ClN3O3/c1-3-8-19(9-7-14(21)22)16(23)15-12(4-2)18-13-6-5-11(17)10-20(13)15/h5-6,10H,3-4,7-9H2,1-2H3,(H,21,22). The first-order valence-electron chi connectivity index (χ1n) is 7.65. The molecular weight excluding hydrogens is 318 g/mol. The Bertz CT molecular complexity index is 727. The molecule has 0 bridgehead atoms. The number of aliphatic carboxylic acids is 1. The summed E-state index contributed by atoms with van der Waals surface area (Å²) in [7, 11) is 0. The minimum absolute atomic E-state index is 0.0787. The van der Waals surface area contributed by atoms with E-state index >= 15 is 0 Å². The molecule has 0 spiro atoms. The molecule has 0 unspecified atom stereocenters. The SMILES string of the molecule is CCCN(CCC(=O)O)C(=O)c1c(CC)nc2ccc(Cl)cn12. The molecule has 2 aromatic rings. The van der Waals surface area contributed by atoms with Gasteiger partial charge in [0.2, 0.25) is 0 Å². The van der Waals surface area contributed by atoms with E-state index in [9.17, 15) is 9.59 Å². The molecule has 6 nitrogen and oxygen atoms in total. The van der Waals surface area contributed by atoms with Crippen LogP contribution in [0.3, 0.4) is 0 Å². The number of hydrogen-bond acceptors (Lipinski definition) is 3. The second kappa shape index (κ2) is 7.46. The normalized spacial score (nSPS) is 10.9. The third-order valence-electron chi connectivity index (χ3n) is 3.57. The largest absolute Gasteiger partial charge is 0.481 e. The molecular formula is C16H20ClN3O3. The lowest BCUT2D eigenvalue weighted by atomic mass is 10.2. The zero-order chi connectivity index (χ0) is 17.0. The molecule has 0 fully saturated rings. The van der Waals surface area contributed by atoms with E-state index in [2.05, 4.69) is 4.98 Å². The number of carboxylic acid groups (broad SMARTS) is 1. The highest BCUT2D eigenvalue weighted by atomic mass is 35.5. The summed E-state index contributed by atoms with van der Waals surface area (Å²) in [6, 6.07) is 3.49. The van der Waals surface area contributed by atoms with Crippen LogP contribution < -0.4 is 0 Å². The van der Waals surface area contributed by atoms with Crippen LogP contribution in [0.2, 0.25) is 5.02 Å². The molecule has 2 aromatic heterocycles. The van der Waals surface area contributed by atoms with E-state index in [1.807, 2.05) is 13.8 Å². The Kier molecular flexibility index (Phi) is 5.60. The summed E-state index contributed by atoms with van der Waals surface area (Å²) in [6.45, 7) is 4.57. The number of carbonyl (C=O) groups is 2. The maximum Gasteiger partial charge on any atom is 0.305 e. The van der Waals surface area contributed by atoms with Gasteiger partial charge < -0.3 is 10.0 Å². The van der Waals surface area contributed by atoms with Gasteiger partial charge in [-0.3, -0.25) is 14.0 Å². The van der Waals surface area contributed by atoms with Crippen LogP contribution in [-0.4, -0.2) is 44.4 Å². The van der Waals surface area contributed by atoms with Gasteiger partial charge in [-0.05, 0) is 25.0 Å². The lowest BCUT2D eigenvalue weighted by molar-refractivity contribution is -0.137. The van der Waals surface area contributed by atoms with Gasteiger partial charge in [0, 0.05) is 19.3 Å². The van der Waals surface area contributed by atoms with Gasteiger partial charge in [-0.2, -0.15) is 0 Å². The van der Waals surface area contributed by atoms with Gasteiger partial charge in [-0.1, -0.05) is 25.4 Å². The van der Waals surface area contributed by atoms with E-state index in [0.717, 1.165) is 6.42 Å². The topological polar surface area (TPSA) is 74.9 Å². The molecule has 0 aliphatic carbocycles. The molecule has 1 N–H and O–H groups in total. The van der Waals surface area contributed by atoms with Gasteiger partial charge in [0.05, 0.1) is 17.1 Å². The monoisotopic (exact) mass is 337 g/mol. The molecule has 0 saturated heterocycles. The fourth-order valence-electron chi connectivity index (χ4n) is 2.51. The molecule has 2 rings (SSSR count). The number of aryl methyl sites for hydroxylation is 1. The van der Waals surface area contributed by atoms with E-state index in [1.165, 1.54) is 0 Å². The van der Waals surface area contributed by atoms with Crippen molar-refractivity contribution in [1.29, 1.82) is 0 Å². The van der Waals surface area contributed by atoms with Gasteiger partial charge in [0.15, 0.2) is 0 Å². The number of aromatic nitrogens is 2. The zero-order valence-electron chi connectivity index (χ0n) is 13.3. The number of nitrogens with zero attached hydrogens (tertiary/aromatic N) is 3. The van der Waals surface area contributed by atoms with Crippen LogP contribution in [0.15, 0.2) is 18.3 Å². The molecule has 124 valence electrons. The second-order valence-corrected chi connectivity index (χ2v) is 5.71. The fourth-order valence-corrected chi connectivity index (χ4v) is 2.67. The molecule has 23 heavy (non-hydrogen) atoms. The number of imidazole rings is 1. The van der Waals surface area contributed by atoms with E-state index in [-0.39, 0.29) is 18.9 Å². The highest BCUT2D eigenvalue weighted by Gasteiger charge is 2.23. The number of pyridine rings is 1. The van der Waals surface area contributed by atoms with Crippen molar-refractivity contribution in [3.05, 3.63) is 34.7 Å². The predicted molar refractivity (Wildman–Crippen MR) is 88.0 cm³/mol. The average molecular weight is 338 g/mol. The average Bonchev–Trinajstić information content (AvgIpc) is 2.88. The minimum atomic E-state index is -0.921. The van der Waals surface area contributed by atoms with Crippen molar-refractivity contribution in [3.63, 3.8) is 0 Å². The molecule has 0 saturated carbocycles. The van der Waals surface area contributed by atoms with Crippen LogP contribution in [0.25, 0.3) is 5.65 Å². The van der Waals surface area contributed by atoms with Gasteiger partial charge in [-0.15, -0.1) is 0 Å². The lowest BCUT2D eigenvalue weighted by Crippen LogP contribution is -2.35. The summed E-state index contributed by atoms with van der Waals surface area (Å²) in [5.74, 6) is -1.13. The van der Waals surface area contributed by atoms with E-state index in [1.54, 1.807) is 27.6 Å². The third kappa shape index (κ3) is 3.82. The Morgan fingerprint density at radius 1 is 1.30 bits per heavy atom. The number of halogens is 1. The maximum absolute atomic E-state index is 12.9. The number of amides is 1. The van der Waals surface area contributed by atoms with Gasteiger partial charge in [0.25, 0.3) is 5.91 Å². The molecule has 0 atom stereocenters. The Morgan fingerprint density at radius 2 is 2.04 bits per heavy atom. The number of carboxylic acids is 1. The minimum Gasteiger partial charge on any atom is -0.481 e. The van der Waals surface area contributed by atoms with Crippen LogP contribution in [0.5, 0.6) is 0 Å². The maximum atomic E-state index is 12.9. The molecule has 0 aliphatic heterocycles. The molecule has 2 heterocycles. The van der Waals surface area contributed by atoms with Crippen LogP contribution >= 0.6 is 11.6 Å². The molecule has 0 radical (unpaired) electrons. The number of hydrogen-bond donors (Lipinski definition) is 1. The second-order valence-electron chi connectivity index (χ2n) is 5.27. The lowest BCUT2D eigenvalue weighted by Gasteiger charge is -2.21. The van der Waals surface area contributed by atoms with Crippen molar-refractivity contribution >= 4 is 29.1 Å². The Labute approximate surface area is 139 Å². The van der Waals surface area contributed by atoms with E-state index in [0.29, 0.717) is 35.0 Å². The first kappa shape index (κ1) is 17.3. The third-order valence-corrected chi connectivity index (χ3v) is 3.79. The Balaban J connectivity index is 2.44. The molecule has 0 aromatic carbocycles. The Hall–Kier alpha value is -2.08. The number of rotatable bonds is 7. The zero-order valence-corrected chi connectivity index (χ0v) is 14.0. The van der Waals surface area contributed by atoms with Crippen molar-refractivity contribution in [2.45, 2.75) is 33.1 Å². The molecule has 0 aliphatic rings. The van der Waals surface area contributed by atoms with Crippen LogP contribution in [0.1, 0.15) is 42.9 Å². The van der Waals surface area contributed by atoms with Crippen molar-refractivity contribution in [2.24, 2.45) is 0 Å². The Morgan fingerprint density at radius 3 is 2.65 bits per heavy atom. The van der Waals surface area contributed by atoms with Gasteiger partial charge >= 0.3 is 5.97 Å². The molecule has 1 amide bonds. The summed E-state index contributed by atoms with van der Waals surface area (Å²) in [4.78, 5) is 29.8. The fraction of sp³-hybridized carbons (Fsp3) is 0.438. The van der Waals surface area contributed by atoms with E-state index in [4.69, 9.17) is 16.7 Å². The van der Waals surface area contributed by atoms with Gasteiger partial charge in [-0.25, -0.2) is 4.98 Å². The summed E-state index contributed by atoms with van der Waals surface area (Å²) < 4.78 is 1.69. The highest BCUT2D eigenvalue weighted by molar-refractivity contribution is 6.30. The summed E-state index contributed by atoms with van der Waals surface area (Å²) in [5.41, 5.74) is 1.81. The first-order chi connectivity index (χ1) is 11.0. The highest BCUT2D eigenvalue weighted by Crippen LogP contribution is 2.19. The summed E-state index contributed by atoms with van der Waals surface area (Å²) in [6.07, 6.45) is 2.95. The van der Waals surface area contributed by atoms with Crippen molar-refractivity contribution in [2.75, 3.05) is 13.1 Å². The predicted octanol–water partition coefficient (Wildman–Crippen LogP) is 2.88. The summed E-state index contributed by atoms with van der Waals surface area (Å²) >= 11 is 6.04. The van der Waals surface area contributed by atoms with Crippen LogP contribution in [0, 0.1) is 0 Å². The molecule has 7 heteroatoms. The first-order valence-corrected chi connectivity index (χ1v) is 8.03. The smallest absolute Gasteiger partial charge is 0.305 e. The van der Waals surface area contributed by atoms with Crippen molar-refractivity contribution in [3.8, 4) is 0 Å². The van der Waals surface area contributed by atoms with Crippen molar-refractivity contribution in [1.82, 2.24) is 14.3 Å². The van der Waals surface area contributed by atoms with Gasteiger partial charge in [0.1, 0.15) is 11.3 Å². The van der Waals surface area contributed by atoms with Crippen molar-refractivity contribution < 1.29 is 14.7 Å². The number of carbonyl (C=O) groups excluding carboxylic acids is 1. The van der Waals surface area contributed by atoms with Crippen LogP contribution in [-0.2, 0) is 11.2 Å².